The number of halogens is 1. The Kier molecular flexibility index (Phi) is 4.42. The quantitative estimate of drug-likeness (QED) is 0.604. The highest BCUT2D eigenvalue weighted by Gasteiger charge is 2.56. The van der Waals surface area contributed by atoms with Crippen molar-refractivity contribution in [2.45, 2.75) is 23.1 Å². The topological polar surface area (TPSA) is 70.2 Å². The molecule has 3 heterocycles. The lowest BCUT2D eigenvalue weighted by Crippen LogP contribution is -2.32. The Morgan fingerprint density at radius 3 is 2.34 bits per heavy atom. The summed E-state index contributed by atoms with van der Waals surface area (Å²) in [6.07, 6.45) is 0. The van der Waals surface area contributed by atoms with Crippen molar-refractivity contribution < 1.29 is 9.59 Å². The van der Waals surface area contributed by atoms with E-state index in [1.807, 2.05) is 31.2 Å². The van der Waals surface area contributed by atoms with Crippen LogP contribution in [0.5, 0.6) is 0 Å². The van der Waals surface area contributed by atoms with Crippen LogP contribution in [-0.2, 0) is 9.59 Å². The number of benzene rings is 2. The number of thioether (sulfide) groups is 1. The zero-order valence-corrected chi connectivity index (χ0v) is 17.6. The highest BCUT2D eigenvalue weighted by atomic mass is 35.5. The van der Waals surface area contributed by atoms with Gasteiger partial charge in [-0.3, -0.25) is 14.4 Å². The Labute approximate surface area is 179 Å². The summed E-state index contributed by atoms with van der Waals surface area (Å²) in [6, 6.07) is 14.6. The predicted molar refractivity (Wildman–Crippen MR) is 115 cm³/mol. The predicted octanol–water partition coefficient (Wildman–Crippen LogP) is 4.19. The summed E-state index contributed by atoms with van der Waals surface area (Å²) in [5, 5.41) is 0.684. The number of carbonyl (C=O) groups is 2. The second-order valence-electron chi connectivity index (χ2n) is 7.15. The van der Waals surface area contributed by atoms with Crippen molar-refractivity contribution in [1.29, 1.82) is 0 Å². The van der Waals surface area contributed by atoms with Crippen LogP contribution in [0.1, 0.15) is 21.9 Å². The van der Waals surface area contributed by atoms with E-state index in [0.717, 1.165) is 27.3 Å². The van der Waals surface area contributed by atoms with E-state index in [-0.39, 0.29) is 22.6 Å². The van der Waals surface area contributed by atoms with Gasteiger partial charge in [0.1, 0.15) is 5.25 Å². The molecule has 5 nitrogen and oxygen atoms in total. The van der Waals surface area contributed by atoms with Crippen LogP contribution in [0.2, 0.25) is 5.02 Å². The largest absolute Gasteiger partial charge is 0.307 e. The maximum atomic E-state index is 13.5. The number of fused-ring (bicyclic) bond motifs is 2. The molecule has 0 saturated carbocycles. The van der Waals surface area contributed by atoms with Gasteiger partial charge in [0.25, 0.3) is 0 Å². The van der Waals surface area contributed by atoms with Crippen molar-refractivity contribution in [3.63, 3.8) is 0 Å². The average molecular weight is 443 g/mol. The normalized spacial score (nSPS) is 23.2. The molecule has 2 aliphatic heterocycles. The molecule has 8 heteroatoms. The van der Waals surface area contributed by atoms with Crippen molar-refractivity contribution in [3.05, 3.63) is 79.2 Å². The molecule has 2 amide bonds. The average Bonchev–Trinajstić information content (AvgIpc) is 3.19. The summed E-state index contributed by atoms with van der Waals surface area (Å²) in [5.41, 5.74) is 2.50. The third kappa shape index (κ3) is 2.96. The maximum absolute atomic E-state index is 13.5. The van der Waals surface area contributed by atoms with Crippen LogP contribution in [0.4, 0.5) is 5.69 Å². The molecule has 0 radical (unpaired) electrons. The Balaban J connectivity index is 1.64. The molecule has 1 aromatic heterocycles. The van der Waals surface area contributed by atoms with E-state index >= 15 is 0 Å². The number of aryl methyl sites for hydroxylation is 1. The van der Waals surface area contributed by atoms with Crippen LogP contribution in [0.25, 0.3) is 0 Å². The number of amides is 2. The fourth-order valence-corrected chi connectivity index (χ4v) is 6.64. The molecule has 1 fully saturated rings. The number of nitrogens with zero attached hydrogens (tertiary/aromatic N) is 1. The molecule has 3 aromatic rings. The molecular formula is C21H15ClN2O3S2. The monoisotopic (exact) mass is 442 g/mol. The van der Waals surface area contributed by atoms with E-state index in [0.29, 0.717) is 15.7 Å². The first-order valence-electron chi connectivity index (χ1n) is 9.03. The molecule has 1 N–H and O–H groups in total. The van der Waals surface area contributed by atoms with Gasteiger partial charge >= 0.3 is 4.87 Å². The van der Waals surface area contributed by atoms with Gasteiger partial charge in [-0.1, -0.05) is 64.5 Å². The van der Waals surface area contributed by atoms with Gasteiger partial charge in [-0.05, 0) is 36.8 Å². The number of aromatic nitrogens is 1. The lowest BCUT2D eigenvalue weighted by Gasteiger charge is -2.29. The molecule has 2 aromatic carbocycles. The minimum atomic E-state index is -0.581. The van der Waals surface area contributed by atoms with Gasteiger partial charge in [0.2, 0.25) is 11.8 Å². The van der Waals surface area contributed by atoms with Crippen LogP contribution in [0.15, 0.2) is 58.4 Å². The van der Waals surface area contributed by atoms with Crippen molar-refractivity contribution in [1.82, 2.24) is 4.98 Å². The highest BCUT2D eigenvalue weighted by molar-refractivity contribution is 8.00. The number of anilines is 1. The van der Waals surface area contributed by atoms with Crippen molar-refractivity contribution >= 4 is 52.2 Å². The van der Waals surface area contributed by atoms with E-state index in [1.165, 1.54) is 16.7 Å². The van der Waals surface area contributed by atoms with Gasteiger partial charge in [0, 0.05) is 15.8 Å². The SMILES string of the molecule is Cc1ccc(N2C(=O)[C@H]3[C@H](c4ccc(Cl)cc4)c4sc(=O)[nH]c4S[C@H]3C2=O)cc1. The number of imide groups is 1. The zero-order chi connectivity index (χ0) is 20.3. The molecule has 5 rings (SSSR count). The van der Waals surface area contributed by atoms with E-state index in [4.69, 9.17) is 11.6 Å². The van der Waals surface area contributed by atoms with Crippen molar-refractivity contribution in [2.24, 2.45) is 5.92 Å². The molecule has 29 heavy (non-hydrogen) atoms. The molecule has 0 aliphatic carbocycles. The summed E-state index contributed by atoms with van der Waals surface area (Å²) in [5.74, 6) is -1.42. The first-order chi connectivity index (χ1) is 13.9. The minimum absolute atomic E-state index is 0.184. The van der Waals surface area contributed by atoms with E-state index in [2.05, 4.69) is 4.98 Å². The standard InChI is InChI=1S/C21H15ClN2O3S2/c1-10-2-8-13(9-3-10)24-19(25)15-14(11-4-6-12(22)7-5-11)16-18(23-21(27)29-16)28-17(15)20(24)26/h2-9,14-15,17H,1H3,(H,23,27)/t14-,15-,17+/m0/s1. The number of nitrogens with one attached hydrogen (secondary N) is 1. The van der Waals surface area contributed by atoms with Crippen LogP contribution in [0.3, 0.4) is 0 Å². The number of carbonyl (C=O) groups excluding carboxylic acids is 2. The smallest absolute Gasteiger partial charge is 0.305 e. The van der Waals surface area contributed by atoms with E-state index in [1.54, 1.807) is 24.3 Å². The highest BCUT2D eigenvalue weighted by Crippen LogP contribution is 2.53. The van der Waals surface area contributed by atoms with Crippen molar-refractivity contribution in [2.75, 3.05) is 4.90 Å². The second kappa shape index (κ2) is 6.86. The van der Waals surface area contributed by atoms with Gasteiger partial charge in [-0.2, -0.15) is 0 Å². The molecular weight excluding hydrogens is 428 g/mol. The fraction of sp³-hybridized carbons (Fsp3) is 0.190. The summed E-state index contributed by atoms with van der Waals surface area (Å²) >= 11 is 8.43. The lowest BCUT2D eigenvalue weighted by molar-refractivity contribution is -0.122. The summed E-state index contributed by atoms with van der Waals surface area (Å²) < 4.78 is 0. The first-order valence-corrected chi connectivity index (χ1v) is 11.1. The fourth-order valence-electron chi connectivity index (χ4n) is 3.99. The first kappa shape index (κ1) is 18.7. The molecule has 0 spiro atoms. The molecule has 1 saturated heterocycles. The van der Waals surface area contributed by atoms with Gasteiger partial charge in [-0.25, -0.2) is 4.90 Å². The molecule has 3 atom stereocenters. The van der Waals surface area contributed by atoms with Crippen LogP contribution in [-0.4, -0.2) is 22.0 Å². The number of hydrogen-bond donors (Lipinski definition) is 1. The Morgan fingerprint density at radius 1 is 0.966 bits per heavy atom. The van der Waals surface area contributed by atoms with Gasteiger partial charge in [0.05, 0.1) is 16.6 Å². The Bertz CT molecular complexity index is 1180. The number of hydrogen-bond acceptors (Lipinski definition) is 5. The van der Waals surface area contributed by atoms with Crippen LogP contribution < -0.4 is 9.77 Å². The Hall–Kier alpha value is -2.35. The van der Waals surface area contributed by atoms with E-state index in [9.17, 15) is 14.4 Å². The molecule has 0 unspecified atom stereocenters. The molecule has 146 valence electrons. The third-order valence-electron chi connectivity index (χ3n) is 5.35. The van der Waals surface area contributed by atoms with Gasteiger partial charge < -0.3 is 4.98 Å². The van der Waals surface area contributed by atoms with Crippen LogP contribution >= 0.6 is 34.7 Å². The molecule has 2 aliphatic rings. The number of rotatable bonds is 2. The van der Waals surface area contributed by atoms with Gasteiger partial charge in [-0.15, -0.1) is 0 Å². The summed E-state index contributed by atoms with van der Waals surface area (Å²) in [7, 11) is 0. The van der Waals surface area contributed by atoms with Crippen LogP contribution in [0, 0.1) is 12.8 Å². The summed E-state index contributed by atoms with van der Waals surface area (Å²) in [4.78, 5) is 43.5. The Morgan fingerprint density at radius 2 is 1.66 bits per heavy atom. The number of aromatic amines is 1. The lowest BCUT2D eigenvalue weighted by atomic mass is 9.83. The minimum Gasteiger partial charge on any atom is -0.307 e. The zero-order valence-electron chi connectivity index (χ0n) is 15.2. The number of thiazole rings is 1. The maximum Gasteiger partial charge on any atom is 0.305 e. The molecule has 0 bridgehead atoms. The number of H-pyrrole nitrogens is 1. The van der Waals surface area contributed by atoms with E-state index < -0.39 is 11.2 Å². The van der Waals surface area contributed by atoms with Gasteiger partial charge in [0.15, 0.2) is 0 Å². The third-order valence-corrected chi connectivity index (χ3v) is 8.00. The summed E-state index contributed by atoms with van der Waals surface area (Å²) in [6.45, 7) is 1.96. The van der Waals surface area contributed by atoms with Crippen molar-refractivity contribution in [3.8, 4) is 0 Å². The second-order valence-corrected chi connectivity index (χ2v) is 9.75.